The zero-order chi connectivity index (χ0) is 16.1. The Bertz CT molecular complexity index is 729. The smallest absolute Gasteiger partial charge is 0.266 e. The van der Waals surface area contributed by atoms with Crippen LogP contribution in [0.25, 0.3) is 0 Å². The van der Waals surface area contributed by atoms with Gasteiger partial charge in [-0.2, -0.15) is 8.42 Å². The topological polar surface area (TPSA) is 91.8 Å². The van der Waals surface area contributed by atoms with E-state index < -0.39 is 34.2 Å². The first-order chi connectivity index (χ1) is 9.56. The van der Waals surface area contributed by atoms with Gasteiger partial charge in [0.1, 0.15) is 0 Å². The molecule has 0 radical (unpaired) electrons. The monoisotopic (exact) mass is 391 g/mol. The van der Waals surface area contributed by atoms with Crippen molar-refractivity contribution in [2.75, 3.05) is 12.3 Å². The van der Waals surface area contributed by atoms with Crippen LogP contribution in [-0.2, 0) is 10.1 Å². The lowest BCUT2D eigenvalue weighted by Crippen LogP contribution is -2.34. The molecular formula is C10H5Cl4NO5S. The Hall–Kier alpha value is -0.570. The van der Waals surface area contributed by atoms with Crippen LogP contribution >= 0.6 is 46.4 Å². The molecule has 6 nitrogen and oxygen atoms in total. The van der Waals surface area contributed by atoms with Gasteiger partial charge < -0.3 is 0 Å². The van der Waals surface area contributed by atoms with E-state index in [9.17, 15) is 18.0 Å². The molecule has 0 aromatic heterocycles. The van der Waals surface area contributed by atoms with Gasteiger partial charge in [-0.15, -0.1) is 0 Å². The van der Waals surface area contributed by atoms with Crippen LogP contribution in [0.3, 0.4) is 0 Å². The van der Waals surface area contributed by atoms with Crippen LogP contribution in [0.1, 0.15) is 20.7 Å². The molecule has 0 unspecified atom stereocenters. The van der Waals surface area contributed by atoms with Crippen LogP contribution in [0.15, 0.2) is 0 Å². The lowest BCUT2D eigenvalue weighted by Gasteiger charge is -2.12. The van der Waals surface area contributed by atoms with Gasteiger partial charge in [-0.25, -0.2) is 0 Å². The fourth-order valence-corrected chi connectivity index (χ4v) is 3.23. The standard InChI is InChI=1S/C10H5Cl4NO5S/c11-5-3-4(6(12)8(14)7(5)13)10(17)15(9(3)16)1-2-21(18,19)20/h1-2H2,(H,18,19,20). The van der Waals surface area contributed by atoms with Crippen molar-refractivity contribution in [1.82, 2.24) is 4.90 Å². The van der Waals surface area contributed by atoms with Crippen molar-refractivity contribution in [3.05, 3.63) is 31.2 Å². The Balaban J connectivity index is 2.53. The van der Waals surface area contributed by atoms with E-state index in [0.717, 1.165) is 0 Å². The summed E-state index contributed by atoms with van der Waals surface area (Å²) in [6.07, 6.45) is 0. The fraction of sp³-hybridized carbons (Fsp3) is 0.200. The highest BCUT2D eigenvalue weighted by Gasteiger charge is 2.41. The maximum absolute atomic E-state index is 12.1. The number of imide groups is 1. The van der Waals surface area contributed by atoms with E-state index in [1.807, 2.05) is 0 Å². The van der Waals surface area contributed by atoms with Gasteiger partial charge in [-0.3, -0.25) is 19.0 Å². The molecule has 1 aromatic rings. The minimum atomic E-state index is -4.35. The van der Waals surface area contributed by atoms with Gasteiger partial charge in [0, 0.05) is 6.54 Å². The van der Waals surface area contributed by atoms with Gasteiger partial charge in [-0.1, -0.05) is 46.4 Å². The third kappa shape index (κ3) is 2.86. The lowest BCUT2D eigenvalue weighted by atomic mass is 10.1. The van der Waals surface area contributed by atoms with Crippen molar-refractivity contribution >= 4 is 68.3 Å². The van der Waals surface area contributed by atoms with E-state index in [4.69, 9.17) is 51.0 Å². The zero-order valence-corrected chi connectivity index (χ0v) is 13.7. The number of halogens is 4. The molecule has 0 spiro atoms. The Morgan fingerprint density at radius 1 is 0.857 bits per heavy atom. The number of hydrogen-bond donors (Lipinski definition) is 1. The maximum Gasteiger partial charge on any atom is 0.266 e. The van der Waals surface area contributed by atoms with Crippen LogP contribution in [0.2, 0.25) is 20.1 Å². The highest BCUT2D eigenvalue weighted by atomic mass is 35.5. The molecule has 114 valence electrons. The van der Waals surface area contributed by atoms with Gasteiger partial charge in [0.15, 0.2) is 0 Å². The van der Waals surface area contributed by atoms with Gasteiger partial charge in [0.2, 0.25) is 0 Å². The number of fused-ring (bicyclic) bond motifs is 1. The van der Waals surface area contributed by atoms with Crippen molar-refractivity contribution < 1.29 is 22.6 Å². The maximum atomic E-state index is 12.1. The molecular weight excluding hydrogens is 388 g/mol. The highest BCUT2D eigenvalue weighted by molar-refractivity contribution is 7.85. The molecule has 11 heteroatoms. The summed E-state index contributed by atoms with van der Waals surface area (Å²) in [7, 11) is -4.35. The summed E-state index contributed by atoms with van der Waals surface area (Å²) in [5.41, 5.74) is -0.479. The summed E-state index contributed by atoms with van der Waals surface area (Å²) in [4.78, 5) is 24.9. The van der Waals surface area contributed by atoms with Crippen molar-refractivity contribution in [1.29, 1.82) is 0 Å². The summed E-state index contributed by atoms with van der Waals surface area (Å²) < 4.78 is 30.1. The molecule has 21 heavy (non-hydrogen) atoms. The first-order valence-corrected chi connectivity index (χ1v) is 8.35. The van der Waals surface area contributed by atoms with E-state index in [-0.39, 0.29) is 31.2 Å². The van der Waals surface area contributed by atoms with Gasteiger partial charge in [-0.05, 0) is 0 Å². The molecule has 1 N–H and O–H groups in total. The third-order valence-electron chi connectivity index (χ3n) is 2.76. The third-order valence-corrected chi connectivity index (χ3v) is 5.26. The summed E-state index contributed by atoms with van der Waals surface area (Å²) >= 11 is 23.4. The van der Waals surface area contributed by atoms with Gasteiger partial charge in [0.25, 0.3) is 21.9 Å². The van der Waals surface area contributed by atoms with E-state index in [0.29, 0.717) is 4.90 Å². The largest absolute Gasteiger partial charge is 0.285 e. The molecule has 1 aliphatic rings. The Morgan fingerprint density at radius 2 is 1.24 bits per heavy atom. The van der Waals surface area contributed by atoms with Crippen LogP contribution in [0.5, 0.6) is 0 Å². The number of amides is 2. The van der Waals surface area contributed by atoms with E-state index in [2.05, 4.69) is 0 Å². The summed E-state index contributed by atoms with van der Waals surface area (Å²) in [6.45, 7) is -0.549. The Kier molecular flexibility index (Phi) is 4.45. The lowest BCUT2D eigenvalue weighted by molar-refractivity contribution is 0.0664. The van der Waals surface area contributed by atoms with E-state index in [1.165, 1.54) is 0 Å². The molecule has 0 atom stereocenters. The average molecular weight is 393 g/mol. The van der Waals surface area contributed by atoms with Crippen LogP contribution in [0.4, 0.5) is 0 Å². The summed E-state index contributed by atoms with van der Waals surface area (Å²) in [5.74, 6) is -2.52. The number of nitrogens with zero attached hydrogens (tertiary/aromatic N) is 1. The first kappa shape index (κ1) is 16.8. The molecule has 0 bridgehead atoms. The van der Waals surface area contributed by atoms with Gasteiger partial charge >= 0.3 is 0 Å². The molecule has 2 amide bonds. The second kappa shape index (κ2) is 5.57. The Labute approximate surface area is 139 Å². The minimum Gasteiger partial charge on any atom is -0.285 e. The number of benzene rings is 1. The number of hydrogen-bond acceptors (Lipinski definition) is 4. The van der Waals surface area contributed by atoms with Gasteiger partial charge in [0.05, 0.1) is 37.0 Å². The molecule has 0 saturated carbocycles. The van der Waals surface area contributed by atoms with Crippen molar-refractivity contribution in [3.8, 4) is 0 Å². The minimum absolute atomic E-state index is 0.181. The van der Waals surface area contributed by atoms with Crippen molar-refractivity contribution in [3.63, 3.8) is 0 Å². The SMILES string of the molecule is O=C1c2c(Cl)c(Cl)c(Cl)c(Cl)c2C(=O)N1CCS(=O)(=O)O. The van der Waals surface area contributed by atoms with E-state index in [1.54, 1.807) is 0 Å². The first-order valence-electron chi connectivity index (χ1n) is 5.23. The second-order valence-corrected chi connectivity index (χ2v) is 7.14. The Morgan fingerprint density at radius 3 is 1.57 bits per heavy atom. The quantitative estimate of drug-likeness (QED) is 0.369. The fourth-order valence-electron chi connectivity index (χ4n) is 1.81. The van der Waals surface area contributed by atoms with Crippen molar-refractivity contribution in [2.45, 2.75) is 0 Å². The summed E-state index contributed by atoms with van der Waals surface area (Å²) in [5, 5.41) is -0.845. The number of carbonyl (C=O) groups is 2. The normalized spacial score (nSPS) is 14.8. The summed E-state index contributed by atoms with van der Waals surface area (Å²) in [6, 6.07) is 0. The molecule has 2 rings (SSSR count). The molecule has 0 fully saturated rings. The van der Waals surface area contributed by atoms with Crippen LogP contribution in [-0.4, -0.2) is 42.0 Å². The van der Waals surface area contributed by atoms with E-state index >= 15 is 0 Å². The predicted octanol–water partition coefficient (Wildman–Crippen LogP) is 2.78. The number of carbonyl (C=O) groups excluding carboxylic acids is 2. The molecule has 1 heterocycles. The predicted molar refractivity (Wildman–Crippen MR) is 78.3 cm³/mol. The van der Waals surface area contributed by atoms with Crippen molar-refractivity contribution in [2.24, 2.45) is 0 Å². The number of rotatable bonds is 3. The molecule has 0 saturated heterocycles. The van der Waals surface area contributed by atoms with Crippen LogP contribution in [0, 0.1) is 0 Å². The second-order valence-electron chi connectivity index (χ2n) is 4.05. The van der Waals surface area contributed by atoms with Crippen LogP contribution < -0.4 is 0 Å². The average Bonchev–Trinajstić information content (AvgIpc) is 2.62. The molecule has 1 aromatic carbocycles. The molecule has 0 aliphatic carbocycles. The zero-order valence-electron chi connectivity index (χ0n) is 9.86. The molecule has 1 aliphatic heterocycles. The highest BCUT2D eigenvalue weighted by Crippen LogP contribution is 2.44.